The zero-order chi connectivity index (χ0) is 19.4. The van der Waals surface area contributed by atoms with E-state index in [1.807, 2.05) is 17.9 Å². The Morgan fingerprint density at radius 1 is 1.19 bits per heavy atom. The topological polar surface area (TPSA) is 75.2 Å². The second-order valence-electron chi connectivity index (χ2n) is 8.51. The fraction of sp³-hybridized carbons (Fsp3) is 0.714. The predicted octanol–water partition coefficient (Wildman–Crippen LogP) is 2.89. The summed E-state index contributed by atoms with van der Waals surface area (Å²) in [6, 6.07) is 2.29. The molecule has 1 saturated carbocycles. The highest BCUT2D eigenvalue weighted by Gasteiger charge is 2.27. The van der Waals surface area contributed by atoms with Crippen molar-refractivity contribution in [1.29, 1.82) is 0 Å². The van der Waals surface area contributed by atoms with Crippen molar-refractivity contribution in [2.45, 2.75) is 71.8 Å². The van der Waals surface area contributed by atoms with Crippen LogP contribution in [0.4, 0.5) is 0 Å². The molecule has 6 nitrogen and oxygen atoms in total. The number of nitrogens with one attached hydrogen (secondary N) is 1. The maximum atomic E-state index is 12.9. The van der Waals surface area contributed by atoms with Gasteiger partial charge in [0, 0.05) is 31.2 Å². The van der Waals surface area contributed by atoms with E-state index in [0.29, 0.717) is 35.8 Å². The SMILES string of the molecule is Cc1nc(CC(C)C)cc(C(=O)N2CCC(CCC(=O)NC3CC3)CC2)n1. The summed E-state index contributed by atoms with van der Waals surface area (Å²) in [5.41, 5.74) is 1.46. The number of aromatic nitrogens is 2. The van der Waals surface area contributed by atoms with Crippen LogP contribution in [-0.4, -0.2) is 45.8 Å². The smallest absolute Gasteiger partial charge is 0.272 e. The van der Waals surface area contributed by atoms with Crippen molar-refractivity contribution < 1.29 is 9.59 Å². The molecule has 27 heavy (non-hydrogen) atoms. The van der Waals surface area contributed by atoms with Crippen LogP contribution < -0.4 is 5.32 Å². The van der Waals surface area contributed by atoms with Crippen molar-refractivity contribution in [1.82, 2.24) is 20.2 Å². The highest BCUT2D eigenvalue weighted by atomic mass is 16.2. The number of hydrogen-bond acceptors (Lipinski definition) is 4. The van der Waals surface area contributed by atoms with Gasteiger partial charge in [-0.25, -0.2) is 9.97 Å². The van der Waals surface area contributed by atoms with Crippen LogP contribution in [0.1, 0.15) is 74.4 Å². The van der Waals surface area contributed by atoms with E-state index >= 15 is 0 Å². The van der Waals surface area contributed by atoms with Gasteiger partial charge >= 0.3 is 0 Å². The summed E-state index contributed by atoms with van der Waals surface area (Å²) >= 11 is 0. The Kier molecular flexibility index (Phi) is 6.45. The van der Waals surface area contributed by atoms with Crippen LogP contribution in [0.25, 0.3) is 0 Å². The summed E-state index contributed by atoms with van der Waals surface area (Å²) in [6.07, 6.45) is 6.58. The Balaban J connectivity index is 1.49. The lowest BCUT2D eigenvalue weighted by Crippen LogP contribution is -2.39. The van der Waals surface area contributed by atoms with E-state index in [1.54, 1.807) is 0 Å². The summed E-state index contributed by atoms with van der Waals surface area (Å²) in [5.74, 6) is 1.88. The van der Waals surface area contributed by atoms with Gasteiger partial charge in [-0.3, -0.25) is 9.59 Å². The van der Waals surface area contributed by atoms with E-state index in [2.05, 4.69) is 29.1 Å². The number of likely N-dealkylation sites (tertiary alicyclic amines) is 1. The number of hydrogen-bond donors (Lipinski definition) is 1. The Labute approximate surface area is 162 Å². The van der Waals surface area contributed by atoms with Crippen LogP contribution in [-0.2, 0) is 11.2 Å². The molecule has 3 rings (SSSR count). The second-order valence-corrected chi connectivity index (χ2v) is 8.51. The molecule has 1 saturated heterocycles. The van der Waals surface area contributed by atoms with Gasteiger partial charge in [0.05, 0.1) is 0 Å². The highest BCUT2D eigenvalue weighted by Crippen LogP contribution is 2.24. The van der Waals surface area contributed by atoms with Gasteiger partial charge in [0.15, 0.2) is 0 Å². The minimum atomic E-state index is 0.00966. The van der Waals surface area contributed by atoms with Gasteiger partial charge < -0.3 is 10.2 Å². The van der Waals surface area contributed by atoms with Crippen molar-refractivity contribution in [3.05, 3.63) is 23.3 Å². The number of nitrogens with zero attached hydrogens (tertiary/aromatic N) is 3. The minimum Gasteiger partial charge on any atom is -0.353 e. The van der Waals surface area contributed by atoms with Gasteiger partial charge in [0.25, 0.3) is 5.91 Å². The van der Waals surface area contributed by atoms with Crippen LogP contribution in [0.2, 0.25) is 0 Å². The summed E-state index contributed by atoms with van der Waals surface area (Å²) in [5, 5.41) is 3.05. The minimum absolute atomic E-state index is 0.00966. The Hall–Kier alpha value is -1.98. The van der Waals surface area contributed by atoms with Gasteiger partial charge in [0.1, 0.15) is 11.5 Å². The van der Waals surface area contributed by atoms with Gasteiger partial charge in [-0.15, -0.1) is 0 Å². The number of rotatable bonds is 7. The lowest BCUT2D eigenvalue weighted by molar-refractivity contribution is -0.121. The molecule has 148 valence electrons. The van der Waals surface area contributed by atoms with Crippen molar-refractivity contribution in [2.24, 2.45) is 11.8 Å². The molecule has 0 spiro atoms. The third-order valence-corrected chi connectivity index (χ3v) is 5.35. The standard InChI is InChI=1S/C21H32N4O2/c1-14(2)12-18-13-19(23-15(3)22-18)21(27)25-10-8-16(9-11-25)4-7-20(26)24-17-5-6-17/h13-14,16-17H,4-12H2,1-3H3,(H,24,26). The second kappa shape index (κ2) is 8.81. The van der Waals surface area contributed by atoms with Crippen LogP contribution in [0.15, 0.2) is 6.07 Å². The molecule has 2 heterocycles. The van der Waals surface area contributed by atoms with Crippen molar-refractivity contribution >= 4 is 11.8 Å². The quantitative estimate of drug-likeness (QED) is 0.798. The van der Waals surface area contributed by atoms with Crippen molar-refractivity contribution in [3.63, 3.8) is 0 Å². The number of amides is 2. The van der Waals surface area contributed by atoms with Gasteiger partial charge in [-0.1, -0.05) is 13.8 Å². The Bertz CT molecular complexity index is 677. The molecule has 6 heteroatoms. The molecule has 0 unspecified atom stereocenters. The van der Waals surface area contributed by atoms with Crippen molar-refractivity contribution in [3.8, 4) is 0 Å². The van der Waals surface area contributed by atoms with Crippen LogP contribution >= 0.6 is 0 Å². The molecule has 2 amide bonds. The molecule has 0 aromatic carbocycles. The molecular weight excluding hydrogens is 340 g/mol. The molecule has 0 radical (unpaired) electrons. The zero-order valence-electron chi connectivity index (χ0n) is 16.8. The summed E-state index contributed by atoms with van der Waals surface area (Å²) in [7, 11) is 0. The van der Waals surface area contributed by atoms with Crippen LogP contribution in [0.5, 0.6) is 0 Å². The molecule has 0 bridgehead atoms. The molecule has 0 atom stereocenters. The van der Waals surface area contributed by atoms with E-state index in [4.69, 9.17) is 0 Å². The summed E-state index contributed by atoms with van der Waals surface area (Å²) in [4.78, 5) is 35.4. The van der Waals surface area contributed by atoms with E-state index < -0.39 is 0 Å². The molecule has 1 aliphatic carbocycles. The summed E-state index contributed by atoms with van der Waals surface area (Å²) in [6.45, 7) is 7.63. The predicted molar refractivity (Wildman–Crippen MR) is 104 cm³/mol. The zero-order valence-corrected chi connectivity index (χ0v) is 16.8. The molecular formula is C21H32N4O2. The molecule has 1 aromatic heterocycles. The van der Waals surface area contributed by atoms with E-state index in [1.165, 1.54) is 0 Å². The normalized spacial score (nSPS) is 18.0. The Morgan fingerprint density at radius 2 is 1.89 bits per heavy atom. The fourth-order valence-corrected chi connectivity index (χ4v) is 3.71. The maximum absolute atomic E-state index is 12.9. The van der Waals surface area contributed by atoms with Crippen LogP contribution in [0.3, 0.4) is 0 Å². The third kappa shape index (κ3) is 6.01. The third-order valence-electron chi connectivity index (χ3n) is 5.35. The molecule has 1 aliphatic heterocycles. The number of aryl methyl sites for hydroxylation is 1. The van der Waals surface area contributed by atoms with E-state index in [0.717, 1.165) is 57.3 Å². The fourth-order valence-electron chi connectivity index (χ4n) is 3.71. The summed E-state index contributed by atoms with van der Waals surface area (Å²) < 4.78 is 0. The molecule has 2 aliphatic rings. The first-order valence-corrected chi connectivity index (χ1v) is 10.3. The first kappa shape index (κ1) is 19.8. The maximum Gasteiger partial charge on any atom is 0.272 e. The van der Waals surface area contributed by atoms with Crippen molar-refractivity contribution in [2.75, 3.05) is 13.1 Å². The van der Waals surface area contributed by atoms with Gasteiger partial charge in [-0.05, 0) is 63.4 Å². The average molecular weight is 373 g/mol. The average Bonchev–Trinajstić information content (AvgIpc) is 3.42. The van der Waals surface area contributed by atoms with E-state index in [9.17, 15) is 9.59 Å². The molecule has 1 aromatic rings. The molecule has 2 fully saturated rings. The molecule has 1 N–H and O–H groups in total. The van der Waals surface area contributed by atoms with Crippen LogP contribution in [0, 0.1) is 18.8 Å². The number of carbonyl (C=O) groups is 2. The first-order chi connectivity index (χ1) is 12.9. The van der Waals surface area contributed by atoms with Gasteiger partial charge in [-0.2, -0.15) is 0 Å². The van der Waals surface area contributed by atoms with E-state index in [-0.39, 0.29) is 11.8 Å². The Morgan fingerprint density at radius 3 is 2.52 bits per heavy atom. The monoisotopic (exact) mass is 372 g/mol. The lowest BCUT2D eigenvalue weighted by Gasteiger charge is -2.31. The van der Waals surface area contributed by atoms with Gasteiger partial charge in [0.2, 0.25) is 5.91 Å². The lowest BCUT2D eigenvalue weighted by atomic mass is 9.92. The number of piperidine rings is 1. The first-order valence-electron chi connectivity index (χ1n) is 10.3. The number of carbonyl (C=O) groups excluding carboxylic acids is 2. The largest absolute Gasteiger partial charge is 0.353 e. The highest BCUT2D eigenvalue weighted by molar-refractivity contribution is 5.92.